The molecule has 1 N–H and O–H groups in total. The minimum atomic E-state index is 0.710. The number of benzene rings is 1. The third kappa shape index (κ3) is 2.40. The summed E-state index contributed by atoms with van der Waals surface area (Å²) >= 11 is 0. The molecule has 0 radical (unpaired) electrons. The first-order chi connectivity index (χ1) is 7.40. The van der Waals surface area contributed by atoms with Crippen molar-refractivity contribution in [3.8, 4) is 0 Å². The second kappa shape index (κ2) is 4.68. The molecule has 1 heterocycles. The zero-order valence-electron chi connectivity index (χ0n) is 8.39. The normalized spacial score (nSPS) is 15.9. The van der Waals surface area contributed by atoms with E-state index in [1.807, 2.05) is 24.3 Å². The van der Waals surface area contributed by atoms with Gasteiger partial charge in [-0.25, -0.2) is 0 Å². The minimum Gasteiger partial charge on any atom is -0.378 e. The predicted molar refractivity (Wildman–Crippen MR) is 56.4 cm³/mol. The number of anilines is 1. The van der Waals surface area contributed by atoms with Crippen molar-refractivity contribution in [3.63, 3.8) is 0 Å². The van der Waals surface area contributed by atoms with Crippen molar-refractivity contribution in [3.05, 3.63) is 24.3 Å². The standard InChI is InChI=1S/C10H13N4O/c11-13-12-9-1-3-10(4-2-9)14-5-7-15-8-6-14/h1-4,11H,5-8H2/q+1. The van der Waals surface area contributed by atoms with Crippen LogP contribution in [0.2, 0.25) is 0 Å². The van der Waals surface area contributed by atoms with Crippen LogP contribution in [0.5, 0.6) is 0 Å². The van der Waals surface area contributed by atoms with Crippen LogP contribution in [-0.4, -0.2) is 26.3 Å². The fourth-order valence-corrected chi connectivity index (χ4v) is 1.61. The van der Waals surface area contributed by atoms with Gasteiger partial charge in [-0.05, 0) is 24.3 Å². The maximum absolute atomic E-state index is 6.62. The Hall–Kier alpha value is -1.71. The third-order valence-electron chi connectivity index (χ3n) is 2.39. The second-order valence-electron chi connectivity index (χ2n) is 3.32. The lowest BCUT2D eigenvalue weighted by Gasteiger charge is -2.28. The number of ether oxygens (including phenoxy) is 1. The van der Waals surface area contributed by atoms with Gasteiger partial charge in [-0.1, -0.05) is 0 Å². The summed E-state index contributed by atoms with van der Waals surface area (Å²) in [4.78, 5) is 5.26. The van der Waals surface area contributed by atoms with Crippen molar-refractivity contribution in [1.29, 1.82) is 5.53 Å². The van der Waals surface area contributed by atoms with Crippen molar-refractivity contribution >= 4 is 11.4 Å². The smallest absolute Gasteiger partial charge is 0.220 e. The predicted octanol–water partition coefficient (Wildman–Crippen LogP) is 1.71. The average molecular weight is 205 g/mol. The van der Waals surface area contributed by atoms with E-state index >= 15 is 0 Å². The van der Waals surface area contributed by atoms with Crippen LogP contribution >= 0.6 is 0 Å². The van der Waals surface area contributed by atoms with E-state index in [1.54, 1.807) is 0 Å². The Morgan fingerprint density at radius 1 is 1.20 bits per heavy atom. The zero-order chi connectivity index (χ0) is 10.5. The molecule has 1 aliphatic heterocycles. The average Bonchev–Trinajstić information content (AvgIpc) is 2.32. The number of nitrogens with zero attached hydrogens (tertiary/aromatic N) is 3. The monoisotopic (exact) mass is 205 g/mol. The van der Waals surface area contributed by atoms with Gasteiger partial charge < -0.3 is 9.64 Å². The van der Waals surface area contributed by atoms with Crippen molar-refractivity contribution in [1.82, 2.24) is 4.91 Å². The molecule has 1 aliphatic rings. The largest absolute Gasteiger partial charge is 0.378 e. The van der Waals surface area contributed by atoms with Crippen LogP contribution in [-0.2, 0) is 4.74 Å². The Bertz CT molecular complexity index is 364. The summed E-state index contributed by atoms with van der Waals surface area (Å²) in [5.74, 6) is 0. The van der Waals surface area contributed by atoms with E-state index in [-0.39, 0.29) is 0 Å². The van der Waals surface area contributed by atoms with Crippen LogP contribution in [0, 0.1) is 5.53 Å². The zero-order valence-corrected chi connectivity index (χ0v) is 8.39. The molecule has 5 nitrogen and oxygen atoms in total. The summed E-state index contributed by atoms with van der Waals surface area (Å²) in [6.07, 6.45) is 0. The minimum absolute atomic E-state index is 0.710. The van der Waals surface area contributed by atoms with Gasteiger partial charge in [0.15, 0.2) is 10.8 Å². The Morgan fingerprint density at radius 2 is 1.87 bits per heavy atom. The Kier molecular flexibility index (Phi) is 3.07. The first-order valence-electron chi connectivity index (χ1n) is 4.90. The molecule has 0 aromatic heterocycles. The molecule has 0 atom stereocenters. The highest BCUT2D eigenvalue weighted by Gasteiger charge is 2.10. The highest BCUT2D eigenvalue weighted by atomic mass is 16.5. The lowest BCUT2D eigenvalue weighted by atomic mass is 10.2. The van der Waals surface area contributed by atoms with Gasteiger partial charge >= 0.3 is 0 Å². The quantitative estimate of drug-likeness (QED) is 0.590. The summed E-state index contributed by atoms with van der Waals surface area (Å²) in [7, 11) is 0. The van der Waals surface area contributed by atoms with Gasteiger partial charge in [0.1, 0.15) is 5.53 Å². The Morgan fingerprint density at radius 3 is 2.47 bits per heavy atom. The fourth-order valence-electron chi connectivity index (χ4n) is 1.61. The Labute approximate surface area is 87.9 Å². The van der Waals surface area contributed by atoms with Crippen LogP contribution in [0.1, 0.15) is 0 Å². The molecule has 1 aromatic carbocycles. The molecule has 0 saturated carbocycles. The molecule has 0 spiro atoms. The van der Waals surface area contributed by atoms with Crippen molar-refractivity contribution < 1.29 is 4.74 Å². The molecule has 1 aromatic rings. The molecule has 2 rings (SSSR count). The van der Waals surface area contributed by atoms with E-state index in [2.05, 4.69) is 14.9 Å². The van der Waals surface area contributed by atoms with E-state index in [9.17, 15) is 0 Å². The van der Waals surface area contributed by atoms with Crippen molar-refractivity contribution in [2.45, 2.75) is 0 Å². The third-order valence-corrected chi connectivity index (χ3v) is 2.39. The fraction of sp³-hybridized carbons (Fsp3) is 0.400. The maximum Gasteiger partial charge on any atom is 0.220 e. The molecule has 78 valence electrons. The molecule has 0 aliphatic carbocycles. The SMILES string of the molecule is N=[N+]=Nc1ccc(N2CCOCC2)cc1. The molecular formula is C10H13N4O+. The summed E-state index contributed by atoms with van der Waals surface area (Å²) in [6, 6.07) is 7.72. The highest BCUT2D eigenvalue weighted by molar-refractivity contribution is 5.52. The van der Waals surface area contributed by atoms with Crippen LogP contribution in [0.15, 0.2) is 29.4 Å². The first kappa shape index (κ1) is 9.83. The van der Waals surface area contributed by atoms with Crippen LogP contribution < -0.4 is 9.81 Å². The van der Waals surface area contributed by atoms with Crippen molar-refractivity contribution in [2.75, 3.05) is 31.2 Å². The number of nitrogens with one attached hydrogen (secondary N) is 1. The van der Waals surface area contributed by atoms with E-state index in [4.69, 9.17) is 10.3 Å². The van der Waals surface area contributed by atoms with Gasteiger partial charge in [0.25, 0.3) is 0 Å². The summed E-state index contributed by atoms with van der Waals surface area (Å²) in [5, 5.41) is 3.64. The van der Waals surface area contributed by atoms with Gasteiger partial charge in [-0.2, -0.15) is 0 Å². The van der Waals surface area contributed by atoms with Crippen molar-refractivity contribution in [2.24, 2.45) is 5.11 Å². The van der Waals surface area contributed by atoms with E-state index in [1.165, 1.54) is 5.69 Å². The highest BCUT2D eigenvalue weighted by Crippen LogP contribution is 2.19. The molecule has 0 unspecified atom stereocenters. The van der Waals surface area contributed by atoms with E-state index < -0.39 is 0 Å². The molecule has 1 fully saturated rings. The van der Waals surface area contributed by atoms with Crippen LogP contribution in [0.25, 0.3) is 0 Å². The number of hydrogen-bond donors (Lipinski definition) is 1. The summed E-state index contributed by atoms with van der Waals surface area (Å²) in [5.41, 5.74) is 8.50. The van der Waals surface area contributed by atoms with E-state index in [0.29, 0.717) is 5.69 Å². The molecule has 1 saturated heterocycles. The molecule has 15 heavy (non-hydrogen) atoms. The van der Waals surface area contributed by atoms with Crippen LogP contribution in [0.4, 0.5) is 11.4 Å². The van der Waals surface area contributed by atoms with E-state index in [0.717, 1.165) is 26.3 Å². The topological polar surface area (TPSA) is 62.8 Å². The molecular weight excluding hydrogens is 192 g/mol. The van der Waals surface area contributed by atoms with Crippen LogP contribution in [0.3, 0.4) is 0 Å². The molecule has 5 heteroatoms. The van der Waals surface area contributed by atoms with Gasteiger partial charge in [-0.3, -0.25) is 0 Å². The lowest BCUT2D eigenvalue weighted by Crippen LogP contribution is -2.36. The van der Waals surface area contributed by atoms with Gasteiger partial charge in [0.2, 0.25) is 4.91 Å². The number of rotatable bonds is 2. The van der Waals surface area contributed by atoms with Gasteiger partial charge in [0.05, 0.1) is 13.2 Å². The van der Waals surface area contributed by atoms with Gasteiger partial charge in [0, 0.05) is 18.8 Å². The molecule has 0 bridgehead atoms. The maximum atomic E-state index is 6.62. The van der Waals surface area contributed by atoms with Gasteiger partial charge in [-0.15, -0.1) is 0 Å². The second-order valence-corrected chi connectivity index (χ2v) is 3.32. The first-order valence-corrected chi connectivity index (χ1v) is 4.90. The summed E-state index contributed by atoms with van der Waals surface area (Å²) < 4.78 is 5.28. The lowest BCUT2D eigenvalue weighted by molar-refractivity contribution is 0.122. The summed E-state index contributed by atoms with van der Waals surface area (Å²) in [6.45, 7) is 3.43. The number of hydrogen-bond acceptors (Lipinski definition) is 4. The Balaban J connectivity index is 2.11. The molecule has 0 amide bonds. The number of morpholine rings is 1.